The molecule has 0 aliphatic heterocycles. The van der Waals surface area contributed by atoms with Gasteiger partial charge in [0.05, 0.1) is 24.0 Å². The fraction of sp³-hybridized carbons (Fsp3) is 0.200. The van der Waals surface area contributed by atoms with E-state index in [0.717, 1.165) is 10.2 Å². The van der Waals surface area contributed by atoms with Crippen molar-refractivity contribution in [1.29, 1.82) is 0 Å². The molecule has 1 N–H and O–H groups in total. The van der Waals surface area contributed by atoms with Gasteiger partial charge in [-0.1, -0.05) is 35.5 Å². The van der Waals surface area contributed by atoms with Crippen molar-refractivity contribution >= 4 is 16.9 Å². The molecular weight excluding hydrogens is 286 g/mol. The molecule has 2 heterocycles. The quantitative estimate of drug-likeness (QED) is 0.789. The second-order valence-corrected chi connectivity index (χ2v) is 4.86. The van der Waals surface area contributed by atoms with Crippen LogP contribution in [-0.2, 0) is 11.3 Å². The first-order valence-corrected chi connectivity index (χ1v) is 6.72. The number of carboxylic acids is 1. The van der Waals surface area contributed by atoms with Gasteiger partial charge in [0.15, 0.2) is 11.3 Å². The number of rotatable bonds is 4. The molecule has 3 aromatic rings. The molecule has 0 saturated heterocycles. The predicted octanol–water partition coefficient (Wildman–Crippen LogP) is 1.83. The van der Waals surface area contributed by atoms with Crippen molar-refractivity contribution < 1.29 is 14.4 Å². The minimum absolute atomic E-state index is 0.00151. The van der Waals surface area contributed by atoms with Gasteiger partial charge in [0.2, 0.25) is 0 Å². The molecule has 0 amide bonds. The molecule has 1 aromatic carbocycles. The molecule has 0 aliphatic carbocycles. The molecule has 7 heteroatoms. The monoisotopic (exact) mass is 299 g/mol. The molecule has 2 aromatic heterocycles. The highest BCUT2D eigenvalue weighted by molar-refractivity contribution is 5.92. The minimum Gasteiger partial charge on any atom is -0.481 e. The van der Waals surface area contributed by atoms with Gasteiger partial charge in [0, 0.05) is 5.56 Å². The van der Waals surface area contributed by atoms with E-state index in [9.17, 15) is 9.59 Å². The highest BCUT2D eigenvalue weighted by Gasteiger charge is 2.18. The van der Waals surface area contributed by atoms with Crippen molar-refractivity contribution in [3.63, 3.8) is 0 Å². The number of aryl methyl sites for hydroxylation is 2. The number of hydrogen-bond acceptors (Lipinski definition) is 5. The number of carbonyl (C=O) groups is 1. The van der Waals surface area contributed by atoms with E-state index in [-0.39, 0.29) is 18.5 Å². The molecule has 112 valence electrons. The van der Waals surface area contributed by atoms with Gasteiger partial charge >= 0.3 is 5.97 Å². The first-order valence-electron chi connectivity index (χ1n) is 6.72. The van der Waals surface area contributed by atoms with Crippen LogP contribution in [0.1, 0.15) is 12.1 Å². The first-order chi connectivity index (χ1) is 10.6. The number of benzene rings is 1. The summed E-state index contributed by atoms with van der Waals surface area (Å²) in [5, 5.41) is 17.3. The van der Waals surface area contributed by atoms with Gasteiger partial charge in [0.25, 0.3) is 5.56 Å². The zero-order valence-corrected chi connectivity index (χ0v) is 11.8. The highest BCUT2D eigenvalue weighted by Crippen LogP contribution is 2.28. The van der Waals surface area contributed by atoms with E-state index < -0.39 is 11.5 Å². The molecule has 0 bridgehead atoms. The van der Waals surface area contributed by atoms with E-state index in [0.29, 0.717) is 16.8 Å². The van der Waals surface area contributed by atoms with E-state index in [4.69, 9.17) is 9.63 Å². The summed E-state index contributed by atoms with van der Waals surface area (Å²) in [4.78, 5) is 23.0. The van der Waals surface area contributed by atoms with Crippen molar-refractivity contribution in [3.05, 3.63) is 46.4 Å². The summed E-state index contributed by atoms with van der Waals surface area (Å²) in [5.74, 6) is -0.500. The van der Waals surface area contributed by atoms with E-state index in [1.165, 1.54) is 0 Å². The van der Waals surface area contributed by atoms with Gasteiger partial charge in [-0.05, 0) is 6.92 Å². The third-order valence-corrected chi connectivity index (χ3v) is 3.34. The minimum atomic E-state index is -0.989. The maximum atomic E-state index is 12.3. The molecule has 0 spiro atoms. The summed E-state index contributed by atoms with van der Waals surface area (Å²) in [6.45, 7) is 1.74. The van der Waals surface area contributed by atoms with Crippen LogP contribution in [0, 0.1) is 6.92 Å². The molecular formula is C15H13N3O4. The smallest absolute Gasteiger partial charge is 0.305 e. The lowest BCUT2D eigenvalue weighted by molar-refractivity contribution is -0.137. The van der Waals surface area contributed by atoms with Gasteiger partial charge in [0.1, 0.15) is 0 Å². The van der Waals surface area contributed by atoms with Crippen LogP contribution >= 0.6 is 0 Å². The number of hydrogen-bond donors (Lipinski definition) is 1. The maximum absolute atomic E-state index is 12.3. The SMILES string of the molecule is Cc1nn(CCC(=O)O)c(=O)c2noc(-c3ccccc3)c12. The zero-order chi connectivity index (χ0) is 15.7. The summed E-state index contributed by atoms with van der Waals surface area (Å²) >= 11 is 0. The third kappa shape index (κ3) is 2.37. The van der Waals surface area contributed by atoms with Crippen LogP contribution in [0.5, 0.6) is 0 Å². The standard InChI is InChI=1S/C15H13N3O4/c1-9-12-13(15(21)18(16-9)8-7-11(19)20)17-22-14(12)10-5-3-2-4-6-10/h2-6H,7-8H2,1H3,(H,19,20). The highest BCUT2D eigenvalue weighted by atomic mass is 16.5. The Labute approximate surface area is 124 Å². The van der Waals surface area contributed by atoms with Crippen LogP contribution in [0.3, 0.4) is 0 Å². The summed E-state index contributed by atoms with van der Waals surface area (Å²) in [5.41, 5.74) is 1.09. The maximum Gasteiger partial charge on any atom is 0.305 e. The molecule has 0 radical (unpaired) electrons. The molecule has 0 fully saturated rings. The fourth-order valence-electron chi connectivity index (χ4n) is 2.31. The van der Waals surface area contributed by atoms with E-state index in [1.807, 2.05) is 30.3 Å². The lowest BCUT2D eigenvalue weighted by Crippen LogP contribution is -2.25. The summed E-state index contributed by atoms with van der Waals surface area (Å²) in [7, 11) is 0. The Bertz CT molecular complexity index is 896. The van der Waals surface area contributed by atoms with Gasteiger partial charge in [-0.15, -0.1) is 0 Å². The molecule has 7 nitrogen and oxygen atoms in total. The van der Waals surface area contributed by atoms with Gasteiger partial charge in [-0.25, -0.2) is 4.68 Å². The lowest BCUT2D eigenvalue weighted by Gasteiger charge is -2.04. The number of aliphatic carboxylic acids is 1. The van der Waals surface area contributed by atoms with Gasteiger partial charge in [-0.3, -0.25) is 9.59 Å². The van der Waals surface area contributed by atoms with Gasteiger partial charge < -0.3 is 9.63 Å². The van der Waals surface area contributed by atoms with E-state index in [1.54, 1.807) is 6.92 Å². The molecule has 0 aliphatic rings. The van der Waals surface area contributed by atoms with Crippen molar-refractivity contribution in [1.82, 2.24) is 14.9 Å². The Kier molecular flexibility index (Phi) is 3.46. The van der Waals surface area contributed by atoms with Crippen molar-refractivity contribution in [2.75, 3.05) is 0 Å². The van der Waals surface area contributed by atoms with Crippen molar-refractivity contribution in [3.8, 4) is 11.3 Å². The van der Waals surface area contributed by atoms with Crippen molar-refractivity contribution in [2.45, 2.75) is 19.9 Å². The average molecular weight is 299 g/mol. The third-order valence-electron chi connectivity index (χ3n) is 3.34. The Morgan fingerprint density at radius 3 is 2.73 bits per heavy atom. The zero-order valence-electron chi connectivity index (χ0n) is 11.8. The average Bonchev–Trinajstić information content (AvgIpc) is 2.96. The summed E-state index contributed by atoms with van der Waals surface area (Å²) in [6.07, 6.45) is -0.179. The van der Waals surface area contributed by atoms with E-state index in [2.05, 4.69) is 10.3 Å². The van der Waals surface area contributed by atoms with Crippen molar-refractivity contribution in [2.24, 2.45) is 0 Å². The largest absolute Gasteiger partial charge is 0.481 e. The predicted molar refractivity (Wildman–Crippen MR) is 78.5 cm³/mol. The van der Waals surface area contributed by atoms with Gasteiger partial charge in [-0.2, -0.15) is 5.10 Å². The number of fused-ring (bicyclic) bond motifs is 1. The molecule has 0 unspecified atom stereocenters. The second kappa shape index (κ2) is 5.44. The van der Waals surface area contributed by atoms with Crippen LogP contribution in [0.4, 0.5) is 0 Å². The Morgan fingerprint density at radius 1 is 1.32 bits per heavy atom. The lowest BCUT2D eigenvalue weighted by atomic mass is 10.1. The second-order valence-electron chi connectivity index (χ2n) is 4.86. The summed E-state index contributed by atoms with van der Waals surface area (Å²) in [6, 6.07) is 9.32. The normalized spacial score (nSPS) is 11.0. The molecule has 0 saturated carbocycles. The molecule has 0 atom stereocenters. The Morgan fingerprint density at radius 2 is 2.05 bits per heavy atom. The van der Waals surface area contributed by atoms with Crippen LogP contribution in [-0.4, -0.2) is 26.0 Å². The van der Waals surface area contributed by atoms with Crippen LogP contribution in [0.25, 0.3) is 22.2 Å². The topological polar surface area (TPSA) is 98.2 Å². The first kappa shape index (κ1) is 14.0. The summed E-state index contributed by atoms with van der Waals surface area (Å²) < 4.78 is 6.44. The molecule has 3 rings (SSSR count). The van der Waals surface area contributed by atoms with E-state index >= 15 is 0 Å². The number of aromatic nitrogens is 3. The fourth-order valence-corrected chi connectivity index (χ4v) is 2.31. The number of nitrogens with zero attached hydrogens (tertiary/aromatic N) is 3. The van der Waals surface area contributed by atoms with Crippen LogP contribution < -0.4 is 5.56 Å². The van der Waals surface area contributed by atoms with Crippen LogP contribution in [0.15, 0.2) is 39.6 Å². The molecule has 22 heavy (non-hydrogen) atoms. The Balaban J connectivity index is 2.16. The Hall–Kier alpha value is -2.96. The number of carboxylic acid groups (broad SMARTS) is 1. The van der Waals surface area contributed by atoms with Crippen LogP contribution in [0.2, 0.25) is 0 Å².